The van der Waals surface area contributed by atoms with Crippen LogP contribution in [0.4, 0.5) is 0 Å². The molecule has 3 N–H and O–H groups in total. The van der Waals surface area contributed by atoms with Crippen molar-refractivity contribution < 1.29 is 8.42 Å². The van der Waals surface area contributed by atoms with Gasteiger partial charge in [0.05, 0.1) is 4.90 Å². The van der Waals surface area contributed by atoms with E-state index < -0.39 is 10.0 Å². The summed E-state index contributed by atoms with van der Waals surface area (Å²) in [5, 5.41) is 9.26. The molecule has 0 radical (unpaired) electrons. The van der Waals surface area contributed by atoms with E-state index in [9.17, 15) is 8.42 Å². The van der Waals surface area contributed by atoms with Crippen LogP contribution in [-0.4, -0.2) is 25.5 Å². The molecule has 0 saturated carbocycles. The van der Waals surface area contributed by atoms with Crippen molar-refractivity contribution in [1.82, 2.24) is 5.32 Å². The number of sulfonamides is 1. The first-order valence-corrected chi connectivity index (χ1v) is 8.51. The Hall–Kier alpha value is -0.560. The lowest BCUT2D eigenvalue weighted by atomic mass is 10.1. The van der Waals surface area contributed by atoms with E-state index in [1.165, 1.54) is 6.42 Å². The van der Waals surface area contributed by atoms with E-state index in [1.807, 2.05) is 11.8 Å². The monoisotopic (exact) mass is 286 g/mol. The van der Waals surface area contributed by atoms with Crippen LogP contribution in [0.5, 0.6) is 0 Å². The third kappa shape index (κ3) is 3.71. The normalized spacial score (nSPS) is 24.3. The Balaban J connectivity index is 1.91. The molecule has 4 nitrogen and oxygen atoms in total. The van der Waals surface area contributed by atoms with Crippen LogP contribution >= 0.6 is 11.8 Å². The maximum absolute atomic E-state index is 11.1. The van der Waals surface area contributed by atoms with Crippen molar-refractivity contribution in [2.24, 2.45) is 5.14 Å². The van der Waals surface area contributed by atoms with Gasteiger partial charge in [-0.25, -0.2) is 13.6 Å². The summed E-state index contributed by atoms with van der Waals surface area (Å²) in [6, 6.07) is 7.27. The number of rotatable bonds is 4. The topological polar surface area (TPSA) is 72.2 Å². The minimum absolute atomic E-state index is 0.163. The quantitative estimate of drug-likeness (QED) is 0.875. The number of thioether (sulfide) groups is 1. The van der Waals surface area contributed by atoms with Gasteiger partial charge in [-0.3, -0.25) is 0 Å². The fourth-order valence-electron chi connectivity index (χ4n) is 2.02. The Morgan fingerprint density at radius 1 is 1.39 bits per heavy atom. The summed E-state index contributed by atoms with van der Waals surface area (Å²) >= 11 is 1.99. The first-order chi connectivity index (χ1) is 8.45. The highest BCUT2D eigenvalue weighted by atomic mass is 32.2. The molecule has 0 aromatic heterocycles. The second-order valence-corrected chi connectivity index (χ2v) is 7.68. The summed E-state index contributed by atoms with van der Waals surface area (Å²) in [7, 11) is -3.58. The summed E-state index contributed by atoms with van der Waals surface area (Å²) in [4.78, 5) is 0.163. The fourth-order valence-corrected chi connectivity index (χ4v) is 3.72. The molecule has 0 spiro atoms. The van der Waals surface area contributed by atoms with E-state index in [0.717, 1.165) is 23.1 Å². The number of nitrogens with one attached hydrogen (secondary N) is 1. The summed E-state index contributed by atoms with van der Waals surface area (Å²) in [5.41, 5.74) is 1.08. The molecule has 2 unspecified atom stereocenters. The average molecular weight is 286 g/mol. The van der Waals surface area contributed by atoms with Crippen molar-refractivity contribution in [3.63, 3.8) is 0 Å². The fraction of sp³-hybridized carbons (Fsp3) is 0.500. The minimum atomic E-state index is -3.58. The molecule has 1 aliphatic heterocycles. The Labute approximate surface area is 112 Å². The van der Waals surface area contributed by atoms with Gasteiger partial charge < -0.3 is 5.32 Å². The number of primary sulfonamides is 1. The number of hydrogen-bond donors (Lipinski definition) is 2. The van der Waals surface area contributed by atoms with Crippen LogP contribution in [0.15, 0.2) is 29.2 Å². The Morgan fingerprint density at radius 2 is 2.06 bits per heavy atom. The predicted octanol–water partition coefficient (Wildman–Crippen LogP) is 1.32. The van der Waals surface area contributed by atoms with E-state index in [2.05, 4.69) is 12.2 Å². The molecular weight excluding hydrogens is 268 g/mol. The van der Waals surface area contributed by atoms with E-state index >= 15 is 0 Å². The van der Waals surface area contributed by atoms with Crippen LogP contribution in [0.3, 0.4) is 0 Å². The summed E-state index contributed by atoms with van der Waals surface area (Å²) in [6.07, 6.45) is 1.19. The molecule has 1 saturated heterocycles. The van der Waals surface area contributed by atoms with Gasteiger partial charge in [-0.15, -0.1) is 0 Å². The molecule has 2 atom stereocenters. The maximum Gasteiger partial charge on any atom is 0.238 e. The lowest BCUT2D eigenvalue weighted by Crippen LogP contribution is -2.28. The Morgan fingerprint density at radius 3 is 2.56 bits per heavy atom. The highest BCUT2D eigenvalue weighted by molar-refractivity contribution is 8.00. The zero-order chi connectivity index (χ0) is 13.2. The van der Waals surface area contributed by atoms with E-state index in [4.69, 9.17) is 5.14 Å². The molecule has 1 fully saturated rings. The maximum atomic E-state index is 11.1. The first kappa shape index (κ1) is 13.9. The zero-order valence-electron chi connectivity index (χ0n) is 10.3. The van der Waals surface area contributed by atoms with Crippen LogP contribution in [0.1, 0.15) is 18.9 Å². The average Bonchev–Trinajstić information content (AvgIpc) is 2.72. The summed E-state index contributed by atoms with van der Waals surface area (Å²) in [6.45, 7) is 3.01. The van der Waals surface area contributed by atoms with Crippen molar-refractivity contribution in [1.29, 1.82) is 0 Å². The first-order valence-electron chi connectivity index (χ1n) is 5.92. The highest BCUT2D eigenvalue weighted by Crippen LogP contribution is 2.26. The number of nitrogens with two attached hydrogens (primary N) is 1. The molecule has 1 aromatic rings. The van der Waals surface area contributed by atoms with Crippen molar-refractivity contribution in [2.45, 2.75) is 36.1 Å². The standard InChI is InChI=1S/C12H18N2O2S2/c1-9-6-11(8-17-9)14-7-10-2-4-12(5-3-10)18(13,15)16/h2-5,9,11,14H,6-8H2,1H3,(H2,13,15,16). The van der Waals surface area contributed by atoms with Crippen molar-refractivity contribution >= 4 is 21.8 Å². The summed E-state index contributed by atoms with van der Waals surface area (Å²) in [5.74, 6) is 1.15. The smallest absolute Gasteiger partial charge is 0.238 e. The third-order valence-corrected chi connectivity index (χ3v) is 5.33. The lowest BCUT2D eigenvalue weighted by Gasteiger charge is -2.11. The van der Waals surface area contributed by atoms with Crippen LogP contribution < -0.4 is 10.5 Å². The molecule has 0 bridgehead atoms. The van der Waals surface area contributed by atoms with Crippen LogP contribution in [-0.2, 0) is 16.6 Å². The van der Waals surface area contributed by atoms with Crippen molar-refractivity contribution in [3.8, 4) is 0 Å². The molecule has 1 aliphatic rings. The van der Waals surface area contributed by atoms with Gasteiger partial charge in [0.1, 0.15) is 0 Å². The molecule has 1 aromatic carbocycles. The van der Waals surface area contributed by atoms with Gasteiger partial charge >= 0.3 is 0 Å². The number of benzene rings is 1. The van der Waals surface area contributed by atoms with Crippen LogP contribution in [0.2, 0.25) is 0 Å². The molecule has 0 amide bonds. The van der Waals surface area contributed by atoms with E-state index in [0.29, 0.717) is 6.04 Å². The second kappa shape index (κ2) is 5.61. The van der Waals surface area contributed by atoms with E-state index in [-0.39, 0.29) is 4.90 Å². The van der Waals surface area contributed by atoms with Crippen molar-refractivity contribution in [3.05, 3.63) is 29.8 Å². The summed E-state index contributed by atoms with van der Waals surface area (Å²) < 4.78 is 22.2. The molecule has 0 aliphatic carbocycles. The largest absolute Gasteiger partial charge is 0.309 e. The molecular formula is C12H18N2O2S2. The zero-order valence-corrected chi connectivity index (χ0v) is 11.9. The Bertz CT molecular complexity index is 499. The van der Waals surface area contributed by atoms with E-state index in [1.54, 1.807) is 24.3 Å². The SMILES string of the molecule is CC1CC(NCc2ccc(S(N)(=O)=O)cc2)CS1. The molecule has 6 heteroatoms. The van der Waals surface area contributed by atoms with Gasteiger partial charge in [0.2, 0.25) is 10.0 Å². The predicted molar refractivity (Wildman–Crippen MR) is 75.0 cm³/mol. The van der Waals surface area contributed by atoms with Gasteiger partial charge in [0.15, 0.2) is 0 Å². The number of hydrogen-bond acceptors (Lipinski definition) is 4. The minimum Gasteiger partial charge on any atom is -0.309 e. The van der Waals surface area contributed by atoms with Crippen LogP contribution in [0, 0.1) is 0 Å². The Kier molecular flexibility index (Phi) is 4.32. The molecule has 100 valence electrons. The molecule has 1 heterocycles. The van der Waals surface area contributed by atoms with Gasteiger partial charge in [0.25, 0.3) is 0 Å². The molecule has 2 rings (SSSR count). The van der Waals surface area contributed by atoms with Gasteiger partial charge in [-0.05, 0) is 24.1 Å². The third-order valence-electron chi connectivity index (χ3n) is 3.05. The second-order valence-electron chi connectivity index (χ2n) is 4.65. The van der Waals surface area contributed by atoms with Gasteiger partial charge in [0, 0.05) is 23.6 Å². The van der Waals surface area contributed by atoms with Crippen LogP contribution in [0.25, 0.3) is 0 Å². The highest BCUT2D eigenvalue weighted by Gasteiger charge is 2.20. The lowest BCUT2D eigenvalue weighted by molar-refractivity contribution is 0.538. The van der Waals surface area contributed by atoms with Gasteiger partial charge in [-0.2, -0.15) is 11.8 Å². The molecule has 18 heavy (non-hydrogen) atoms. The van der Waals surface area contributed by atoms with Crippen molar-refractivity contribution in [2.75, 3.05) is 5.75 Å². The van der Waals surface area contributed by atoms with Gasteiger partial charge in [-0.1, -0.05) is 19.1 Å².